The number of carbonyl (C=O) groups excluding carboxylic acids is 2. The van der Waals surface area contributed by atoms with Gasteiger partial charge in [-0.3, -0.25) is 9.89 Å². The number of ether oxygens (including phenoxy) is 1. The van der Waals surface area contributed by atoms with Crippen molar-refractivity contribution >= 4 is 11.9 Å². The molecule has 0 spiro atoms. The highest BCUT2D eigenvalue weighted by Crippen LogP contribution is 2.17. The van der Waals surface area contributed by atoms with E-state index in [0.29, 0.717) is 22.8 Å². The molecule has 144 valence electrons. The van der Waals surface area contributed by atoms with Crippen molar-refractivity contribution in [1.29, 1.82) is 0 Å². The van der Waals surface area contributed by atoms with Crippen LogP contribution in [0.2, 0.25) is 0 Å². The molecule has 0 radical (unpaired) electrons. The van der Waals surface area contributed by atoms with Gasteiger partial charge in [-0.2, -0.15) is 5.10 Å². The minimum atomic E-state index is -0.923. The topological polar surface area (TPSA) is 97.0 Å². The number of H-pyrrole nitrogens is 1. The summed E-state index contributed by atoms with van der Waals surface area (Å²) >= 11 is 0. The standard InChI is InChI=1S/C21H22N4O3/c1-13(16-8-5-4-6-9-16)22-20(26)14(2)28-21(27)18-11-7-10-17(12-18)19-23-15(3)24-25-19/h4-14H,1-3H3,(H,22,26)(H,23,24,25)/t13-,14+/m1/s1. The van der Waals surface area contributed by atoms with Crippen LogP contribution in [-0.4, -0.2) is 33.2 Å². The van der Waals surface area contributed by atoms with Gasteiger partial charge in [0.1, 0.15) is 5.82 Å². The average Bonchev–Trinajstić information content (AvgIpc) is 3.15. The van der Waals surface area contributed by atoms with E-state index in [2.05, 4.69) is 20.5 Å². The first-order valence-electron chi connectivity index (χ1n) is 9.00. The molecule has 7 heteroatoms. The summed E-state index contributed by atoms with van der Waals surface area (Å²) < 4.78 is 5.33. The zero-order valence-electron chi connectivity index (χ0n) is 16.0. The highest BCUT2D eigenvalue weighted by molar-refractivity contribution is 5.93. The lowest BCUT2D eigenvalue weighted by Gasteiger charge is -2.18. The van der Waals surface area contributed by atoms with Gasteiger partial charge in [0.15, 0.2) is 11.9 Å². The number of nitrogens with zero attached hydrogens (tertiary/aromatic N) is 2. The third kappa shape index (κ3) is 4.62. The van der Waals surface area contributed by atoms with E-state index in [0.717, 1.165) is 5.56 Å². The van der Waals surface area contributed by atoms with Crippen LogP contribution in [0.1, 0.15) is 41.6 Å². The Morgan fingerprint density at radius 3 is 2.50 bits per heavy atom. The van der Waals surface area contributed by atoms with E-state index in [1.165, 1.54) is 0 Å². The van der Waals surface area contributed by atoms with Crippen LogP contribution in [-0.2, 0) is 9.53 Å². The Morgan fingerprint density at radius 1 is 1.07 bits per heavy atom. The Morgan fingerprint density at radius 2 is 1.82 bits per heavy atom. The predicted molar refractivity (Wildman–Crippen MR) is 104 cm³/mol. The molecule has 1 heterocycles. The molecule has 2 aromatic carbocycles. The fraction of sp³-hybridized carbons (Fsp3) is 0.238. The van der Waals surface area contributed by atoms with E-state index in [1.807, 2.05) is 37.3 Å². The number of hydrogen-bond acceptors (Lipinski definition) is 5. The number of carbonyl (C=O) groups is 2. The van der Waals surface area contributed by atoms with Gasteiger partial charge in [0.05, 0.1) is 11.6 Å². The van der Waals surface area contributed by atoms with Crippen LogP contribution in [0.25, 0.3) is 11.4 Å². The first-order valence-corrected chi connectivity index (χ1v) is 9.00. The Bertz CT molecular complexity index is 969. The van der Waals surface area contributed by atoms with Crippen LogP contribution in [0.5, 0.6) is 0 Å². The third-order valence-corrected chi connectivity index (χ3v) is 4.27. The van der Waals surface area contributed by atoms with E-state index in [9.17, 15) is 9.59 Å². The van der Waals surface area contributed by atoms with Crippen LogP contribution in [0.4, 0.5) is 0 Å². The van der Waals surface area contributed by atoms with Crippen molar-refractivity contribution in [3.05, 3.63) is 71.5 Å². The summed E-state index contributed by atoms with van der Waals surface area (Å²) in [6.07, 6.45) is -0.923. The normalized spacial score (nSPS) is 12.8. The van der Waals surface area contributed by atoms with Crippen LogP contribution in [0.3, 0.4) is 0 Å². The molecule has 0 aliphatic rings. The van der Waals surface area contributed by atoms with Gasteiger partial charge in [-0.25, -0.2) is 9.78 Å². The van der Waals surface area contributed by atoms with Gasteiger partial charge in [-0.1, -0.05) is 42.5 Å². The SMILES string of the molecule is Cc1nc(-c2cccc(C(=O)O[C@@H](C)C(=O)N[C@H](C)c3ccccc3)c2)n[nH]1. The van der Waals surface area contributed by atoms with Crippen molar-refractivity contribution in [2.75, 3.05) is 0 Å². The maximum atomic E-state index is 12.5. The highest BCUT2D eigenvalue weighted by atomic mass is 16.5. The molecule has 0 fully saturated rings. The third-order valence-electron chi connectivity index (χ3n) is 4.27. The number of amides is 1. The number of hydrogen-bond donors (Lipinski definition) is 2. The summed E-state index contributed by atoms with van der Waals surface area (Å²) in [5.41, 5.74) is 1.99. The van der Waals surface area contributed by atoms with Gasteiger partial charge in [0.2, 0.25) is 0 Å². The van der Waals surface area contributed by atoms with Gasteiger partial charge in [0, 0.05) is 5.56 Å². The fourth-order valence-corrected chi connectivity index (χ4v) is 2.69. The molecule has 7 nitrogen and oxygen atoms in total. The van der Waals surface area contributed by atoms with Gasteiger partial charge in [0.25, 0.3) is 5.91 Å². The fourth-order valence-electron chi connectivity index (χ4n) is 2.69. The second kappa shape index (κ2) is 8.47. The first kappa shape index (κ1) is 19.3. The second-order valence-corrected chi connectivity index (χ2v) is 6.51. The summed E-state index contributed by atoms with van der Waals surface area (Å²) in [4.78, 5) is 29.1. The minimum Gasteiger partial charge on any atom is -0.449 e. The molecule has 0 bridgehead atoms. The number of benzene rings is 2. The van der Waals surface area contributed by atoms with Crippen molar-refractivity contribution in [3.8, 4) is 11.4 Å². The molecular formula is C21H22N4O3. The second-order valence-electron chi connectivity index (χ2n) is 6.51. The predicted octanol–water partition coefficient (Wildman–Crippen LogP) is 3.20. The lowest BCUT2D eigenvalue weighted by atomic mass is 10.1. The number of aromatic nitrogens is 3. The van der Waals surface area contributed by atoms with Crippen LogP contribution in [0.15, 0.2) is 54.6 Å². The number of aromatic amines is 1. The van der Waals surface area contributed by atoms with Crippen molar-refractivity contribution in [3.63, 3.8) is 0 Å². The summed E-state index contributed by atoms with van der Waals surface area (Å²) in [5, 5.41) is 9.70. The molecule has 0 aliphatic carbocycles. The zero-order valence-corrected chi connectivity index (χ0v) is 16.0. The molecule has 0 aliphatic heterocycles. The van der Waals surface area contributed by atoms with Gasteiger partial charge in [-0.15, -0.1) is 0 Å². The number of esters is 1. The van der Waals surface area contributed by atoms with E-state index >= 15 is 0 Å². The zero-order chi connectivity index (χ0) is 20.1. The summed E-state index contributed by atoms with van der Waals surface area (Å²) in [6, 6.07) is 16.2. The molecule has 28 heavy (non-hydrogen) atoms. The monoisotopic (exact) mass is 378 g/mol. The molecule has 0 saturated heterocycles. The van der Waals surface area contributed by atoms with Crippen LogP contribution < -0.4 is 5.32 Å². The average molecular weight is 378 g/mol. The molecule has 1 amide bonds. The van der Waals surface area contributed by atoms with Crippen molar-refractivity contribution in [2.24, 2.45) is 0 Å². The van der Waals surface area contributed by atoms with E-state index in [-0.39, 0.29) is 11.9 Å². The van der Waals surface area contributed by atoms with Crippen LogP contribution >= 0.6 is 0 Å². The summed E-state index contributed by atoms with van der Waals surface area (Å²) in [5.74, 6) is 0.241. The molecule has 1 aromatic heterocycles. The Labute approximate surface area is 163 Å². The molecule has 3 aromatic rings. The molecule has 2 N–H and O–H groups in total. The Balaban J connectivity index is 1.63. The summed E-state index contributed by atoms with van der Waals surface area (Å²) in [6.45, 7) is 5.23. The quantitative estimate of drug-likeness (QED) is 0.642. The lowest BCUT2D eigenvalue weighted by Crippen LogP contribution is -2.37. The van der Waals surface area contributed by atoms with Crippen molar-refractivity contribution < 1.29 is 14.3 Å². The van der Waals surface area contributed by atoms with Gasteiger partial charge < -0.3 is 10.1 Å². The van der Waals surface area contributed by atoms with E-state index < -0.39 is 12.1 Å². The lowest BCUT2D eigenvalue weighted by molar-refractivity contribution is -0.129. The van der Waals surface area contributed by atoms with E-state index in [4.69, 9.17) is 4.74 Å². The minimum absolute atomic E-state index is 0.188. The van der Waals surface area contributed by atoms with Crippen molar-refractivity contribution in [1.82, 2.24) is 20.5 Å². The highest BCUT2D eigenvalue weighted by Gasteiger charge is 2.21. The Kier molecular flexibility index (Phi) is 5.84. The smallest absolute Gasteiger partial charge is 0.338 e. The number of aryl methyl sites for hydroxylation is 1. The number of nitrogens with one attached hydrogen (secondary N) is 2. The van der Waals surface area contributed by atoms with Gasteiger partial charge >= 0.3 is 5.97 Å². The molecule has 0 unspecified atom stereocenters. The van der Waals surface area contributed by atoms with E-state index in [1.54, 1.807) is 38.1 Å². The summed E-state index contributed by atoms with van der Waals surface area (Å²) in [7, 11) is 0. The van der Waals surface area contributed by atoms with Gasteiger partial charge in [-0.05, 0) is 38.5 Å². The van der Waals surface area contributed by atoms with Crippen LogP contribution in [0, 0.1) is 6.92 Å². The molecule has 3 rings (SSSR count). The number of rotatable bonds is 6. The maximum absolute atomic E-state index is 12.5. The molecule has 0 saturated carbocycles. The maximum Gasteiger partial charge on any atom is 0.338 e. The largest absolute Gasteiger partial charge is 0.449 e. The molecular weight excluding hydrogens is 356 g/mol. The first-order chi connectivity index (χ1) is 13.4. The van der Waals surface area contributed by atoms with Crippen molar-refractivity contribution in [2.45, 2.75) is 32.9 Å². The molecule has 2 atom stereocenters. The Hall–Kier alpha value is -3.48.